The van der Waals surface area contributed by atoms with Crippen molar-refractivity contribution in [3.05, 3.63) is 34.3 Å². The summed E-state index contributed by atoms with van der Waals surface area (Å²) in [6, 6.07) is 7.57. The average molecular weight is 298 g/mol. The summed E-state index contributed by atoms with van der Waals surface area (Å²) in [4.78, 5) is 12.0. The second-order valence-electron chi connectivity index (χ2n) is 4.40. The van der Waals surface area contributed by atoms with Gasteiger partial charge in [0.1, 0.15) is 0 Å². The summed E-state index contributed by atoms with van der Waals surface area (Å²) < 4.78 is 6.24. The van der Waals surface area contributed by atoms with Gasteiger partial charge in [0.25, 0.3) is 5.91 Å². The quantitative estimate of drug-likeness (QED) is 0.931. The zero-order chi connectivity index (χ0) is 12.3. The molecule has 4 heteroatoms. The minimum Gasteiger partial charge on any atom is -0.381 e. The first-order valence-corrected chi connectivity index (χ1v) is 6.60. The number of rotatable bonds is 3. The number of halogens is 1. The highest BCUT2D eigenvalue weighted by Crippen LogP contribution is 2.17. The van der Waals surface area contributed by atoms with Crippen molar-refractivity contribution in [3.8, 4) is 0 Å². The number of hydrogen-bond donors (Lipinski definition) is 1. The van der Waals surface area contributed by atoms with Crippen LogP contribution in [0.5, 0.6) is 0 Å². The lowest BCUT2D eigenvalue weighted by Crippen LogP contribution is -2.38. The molecule has 1 N–H and O–H groups in total. The summed E-state index contributed by atoms with van der Waals surface area (Å²) in [6.07, 6.45) is 1.03. The summed E-state index contributed by atoms with van der Waals surface area (Å²) >= 11 is 3.36. The Morgan fingerprint density at radius 3 is 3.06 bits per heavy atom. The SMILES string of the molecule is CC(NC(=O)c1cccc(Br)c1)C1CCOC1. The van der Waals surface area contributed by atoms with Crippen molar-refractivity contribution in [1.29, 1.82) is 0 Å². The standard InChI is InChI=1S/C13H16BrNO2/c1-9(11-5-6-17-8-11)15-13(16)10-3-2-4-12(14)7-10/h2-4,7,9,11H,5-6,8H2,1H3,(H,15,16). The van der Waals surface area contributed by atoms with E-state index in [0.29, 0.717) is 11.5 Å². The molecule has 1 heterocycles. The molecule has 1 aromatic rings. The monoisotopic (exact) mass is 297 g/mol. The predicted octanol–water partition coefficient (Wildman–Crippen LogP) is 2.60. The van der Waals surface area contributed by atoms with Gasteiger partial charge >= 0.3 is 0 Å². The first kappa shape index (κ1) is 12.6. The van der Waals surface area contributed by atoms with E-state index >= 15 is 0 Å². The minimum absolute atomic E-state index is 0.0225. The van der Waals surface area contributed by atoms with Crippen LogP contribution in [-0.2, 0) is 4.74 Å². The Bertz CT molecular complexity index is 402. The van der Waals surface area contributed by atoms with E-state index < -0.39 is 0 Å². The summed E-state index contributed by atoms with van der Waals surface area (Å²) in [5.74, 6) is 0.414. The van der Waals surface area contributed by atoms with Gasteiger partial charge in [0.2, 0.25) is 0 Å². The molecule has 0 bridgehead atoms. The van der Waals surface area contributed by atoms with E-state index in [0.717, 1.165) is 24.1 Å². The first-order chi connectivity index (χ1) is 8.16. The molecule has 0 radical (unpaired) electrons. The maximum absolute atomic E-state index is 12.0. The van der Waals surface area contributed by atoms with Crippen LogP contribution in [0.25, 0.3) is 0 Å². The minimum atomic E-state index is -0.0225. The fourth-order valence-electron chi connectivity index (χ4n) is 1.98. The van der Waals surface area contributed by atoms with Gasteiger partial charge < -0.3 is 10.1 Å². The van der Waals surface area contributed by atoms with Gasteiger partial charge in [-0.05, 0) is 31.5 Å². The lowest BCUT2D eigenvalue weighted by Gasteiger charge is -2.19. The van der Waals surface area contributed by atoms with Crippen LogP contribution in [0.4, 0.5) is 0 Å². The summed E-state index contributed by atoms with van der Waals surface area (Å²) in [5, 5.41) is 3.03. The fourth-order valence-corrected chi connectivity index (χ4v) is 2.38. The first-order valence-electron chi connectivity index (χ1n) is 5.81. The van der Waals surface area contributed by atoms with Gasteiger partial charge in [-0.15, -0.1) is 0 Å². The van der Waals surface area contributed by atoms with Gasteiger partial charge in [0.05, 0.1) is 6.61 Å². The molecule has 0 spiro atoms. The molecule has 1 fully saturated rings. The lowest BCUT2D eigenvalue weighted by atomic mass is 10.0. The highest BCUT2D eigenvalue weighted by molar-refractivity contribution is 9.10. The normalized spacial score (nSPS) is 21.2. The van der Waals surface area contributed by atoms with Crippen molar-refractivity contribution in [2.45, 2.75) is 19.4 Å². The highest BCUT2D eigenvalue weighted by atomic mass is 79.9. The van der Waals surface area contributed by atoms with Crippen LogP contribution in [0.1, 0.15) is 23.7 Å². The third-order valence-electron chi connectivity index (χ3n) is 3.12. The van der Waals surface area contributed by atoms with Gasteiger partial charge in [-0.3, -0.25) is 4.79 Å². The summed E-state index contributed by atoms with van der Waals surface area (Å²) in [6.45, 7) is 3.59. The van der Waals surface area contributed by atoms with Crippen LogP contribution in [0, 0.1) is 5.92 Å². The molecular weight excluding hydrogens is 282 g/mol. The second kappa shape index (κ2) is 5.65. The summed E-state index contributed by atoms with van der Waals surface area (Å²) in [5.41, 5.74) is 0.685. The number of hydrogen-bond acceptors (Lipinski definition) is 2. The molecule has 2 rings (SSSR count). The second-order valence-corrected chi connectivity index (χ2v) is 5.31. The van der Waals surface area contributed by atoms with Crippen LogP contribution >= 0.6 is 15.9 Å². The molecule has 17 heavy (non-hydrogen) atoms. The van der Waals surface area contributed by atoms with Gasteiger partial charge in [-0.2, -0.15) is 0 Å². The molecule has 0 aliphatic carbocycles. The number of nitrogens with one attached hydrogen (secondary N) is 1. The molecule has 2 unspecified atom stereocenters. The zero-order valence-electron chi connectivity index (χ0n) is 9.78. The maximum atomic E-state index is 12.0. The molecule has 92 valence electrons. The molecule has 1 aliphatic heterocycles. The van der Waals surface area contributed by atoms with Crippen LogP contribution < -0.4 is 5.32 Å². The van der Waals surface area contributed by atoms with E-state index in [1.54, 1.807) is 0 Å². The molecule has 3 nitrogen and oxygen atoms in total. The van der Waals surface area contributed by atoms with Crippen LogP contribution in [-0.4, -0.2) is 25.2 Å². The van der Waals surface area contributed by atoms with Gasteiger partial charge in [-0.1, -0.05) is 22.0 Å². The molecule has 1 aliphatic rings. The number of benzene rings is 1. The zero-order valence-corrected chi connectivity index (χ0v) is 11.4. The van der Waals surface area contributed by atoms with E-state index in [4.69, 9.17) is 4.74 Å². The van der Waals surface area contributed by atoms with Crippen LogP contribution in [0.15, 0.2) is 28.7 Å². The van der Waals surface area contributed by atoms with Gasteiger partial charge in [-0.25, -0.2) is 0 Å². The Morgan fingerprint density at radius 1 is 1.59 bits per heavy atom. The fraction of sp³-hybridized carbons (Fsp3) is 0.462. The number of carbonyl (C=O) groups is 1. The van der Waals surface area contributed by atoms with E-state index in [2.05, 4.69) is 21.2 Å². The van der Waals surface area contributed by atoms with Gasteiger partial charge in [0.15, 0.2) is 0 Å². The molecule has 1 amide bonds. The Labute approximate surface area is 110 Å². The number of amides is 1. The molecule has 0 saturated carbocycles. The molecular formula is C13H16BrNO2. The lowest BCUT2D eigenvalue weighted by molar-refractivity contribution is 0.0922. The van der Waals surface area contributed by atoms with E-state index in [1.807, 2.05) is 31.2 Å². The number of carbonyl (C=O) groups excluding carboxylic acids is 1. The molecule has 2 atom stereocenters. The molecule has 1 saturated heterocycles. The van der Waals surface area contributed by atoms with E-state index in [9.17, 15) is 4.79 Å². The maximum Gasteiger partial charge on any atom is 0.251 e. The smallest absolute Gasteiger partial charge is 0.251 e. The Balaban J connectivity index is 1.96. The Morgan fingerprint density at radius 2 is 2.41 bits per heavy atom. The predicted molar refractivity (Wildman–Crippen MR) is 70.0 cm³/mol. The van der Waals surface area contributed by atoms with Crippen molar-refractivity contribution in [3.63, 3.8) is 0 Å². The van der Waals surface area contributed by atoms with Crippen molar-refractivity contribution in [1.82, 2.24) is 5.32 Å². The van der Waals surface area contributed by atoms with Crippen molar-refractivity contribution in [2.75, 3.05) is 13.2 Å². The van der Waals surface area contributed by atoms with E-state index in [-0.39, 0.29) is 11.9 Å². The third-order valence-corrected chi connectivity index (χ3v) is 3.61. The molecule has 1 aromatic carbocycles. The Kier molecular flexibility index (Phi) is 4.18. The van der Waals surface area contributed by atoms with Crippen molar-refractivity contribution >= 4 is 21.8 Å². The van der Waals surface area contributed by atoms with Crippen LogP contribution in [0.2, 0.25) is 0 Å². The highest BCUT2D eigenvalue weighted by Gasteiger charge is 2.23. The third kappa shape index (κ3) is 3.30. The number of ether oxygens (including phenoxy) is 1. The largest absolute Gasteiger partial charge is 0.381 e. The molecule has 0 aromatic heterocycles. The van der Waals surface area contributed by atoms with Crippen molar-refractivity contribution in [2.24, 2.45) is 5.92 Å². The van der Waals surface area contributed by atoms with E-state index in [1.165, 1.54) is 0 Å². The topological polar surface area (TPSA) is 38.3 Å². The van der Waals surface area contributed by atoms with Gasteiger partial charge in [0, 0.05) is 28.6 Å². The van der Waals surface area contributed by atoms with Crippen LogP contribution in [0.3, 0.4) is 0 Å². The van der Waals surface area contributed by atoms with Crippen molar-refractivity contribution < 1.29 is 9.53 Å². The average Bonchev–Trinajstić information content (AvgIpc) is 2.82. The summed E-state index contributed by atoms with van der Waals surface area (Å²) in [7, 11) is 0. The Hall–Kier alpha value is -0.870.